The Hall–Kier alpha value is -2.37. The van der Waals surface area contributed by atoms with E-state index in [-0.39, 0.29) is 30.0 Å². The van der Waals surface area contributed by atoms with Crippen LogP contribution in [0, 0.1) is 5.92 Å². The van der Waals surface area contributed by atoms with E-state index in [0.29, 0.717) is 29.8 Å². The van der Waals surface area contributed by atoms with E-state index in [4.69, 9.17) is 0 Å². The van der Waals surface area contributed by atoms with Gasteiger partial charge in [-0.05, 0) is 25.0 Å². The second-order valence-electron chi connectivity index (χ2n) is 6.02. The molecule has 0 spiro atoms. The van der Waals surface area contributed by atoms with E-state index < -0.39 is 0 Å². The van der Waals surface area contributed by atoms with E-state index in [1.165, 1.54) is 4.68 Å². The van der Waals surface area contributed by atoms with Gasteiger partial charge in [-0.15, -0.1) is 0 Å². The van der Waals surface area contributed by atoms with E-state index in [1.807, 2.05) is 6.92 Å². The Kier molecular flexibility index (Phi) is 5.36. The molecule has 1 aromatic carbocycles. The molecular weight excluding hydrogens is 294 g/mol. The van der Waals surface area contributed by atoms with Gasteiger partial charge in [0.25, 0.3) is 11.1 Å². The minimum atomic E-state index is -0.317. The van der Waals surface area contributed by atoms with Crippen LogP contribution in [0.4, 0.5) is 0 Å². The maximum absolute atomic E-state index is 12.4. The van der Waals surface area contributed by atoms with Crippen molar-refractivity contribution < 1.29 is 4.79 Å². The molecule has 0 aliphatic heterocycles. The number of carbonyl (C=O) groups excluding carboxylic acids is 1. The van der Waals surface area contributed by atoms with Crippen molar-refractivity contribution in [2.75, 3.05) is 13.1 Å². The van der Waals surface area contributed by atoms with Crippen LogP contribution in [0.5, 0.6) is 0 Å². The largest absolute Gasteiger partial charge is 0.343 e. The van der Waals surface area contributed by atoms with Crippen molar-refractivity contribution in [3.63, 3.8) is 0 Å². The van der Waals surface area contributed by atoms with Crippen molar-refractivity contribution in [1.29, 1.82) is 0 Å². The SMILES string of the molecule is CCN(CC(C)C)C(=O)CCn1[nH]c(=O)c2ccccc2c1=O. The maximum atomic E-state index is 12.4. The molecule has 1 aromatic heterocycles. The predicted octanol–water partition coefficient (Wildman–Crippen LogP) is 1.58. The molecule has 1 N–H and O–H groups in total. The van der Waals surface area contributed by atoms with Crippen LogP contribution in [0.25, 0.3) is 10.8 Å². The highest BCUT2D eigenvalue weighted by atomic mass is 16.2. The summed E-state index contributed by atoms with van der Waals surface area (Å²) in [5.74, 6) is 0.379. The van der Waals surface area contributed by atoms with Gasteiger partial charge in [0.05, 0.1) is 17.3 Å². The Morgan fingerprint density at radius 3 is 2.48 bits per heavy atom. The zero-order chi connectivity index (χ0) is 17.0. The lowest BCUT2D eigenvalue weighted by atomic mass is 10.2. The molecule has 0 radical (unpaired) electrons. The molecule has 6 nitrogen and oxygen atoms in total. The van der Waals surface area contributed by atoms with Crippen molar-refractivity contribution in [1.82, 2.24) is 14.7 Å². The van der Waals surface area contributed by atoms with E-state index >= 15 is 0 Å². The van der Waals surface area contributed by atoms with Crippen LogP contribution in [0.15, 0.2) is 33.9 Å². The van der Waals surface area contributed by atoms with Gasteiger partial charge in [0.1, 0.15) is 0 Å². The number of H-pyrrole nitrogens is 1. The van der Waals surface area contributed by atoms with Gasteiger partial charge in [0.2, 0.25) is 5.91 Å². The standard InChI is InChI=1S/C17H23N3O3/c1-4-19(11-12(2)3)15(21)9-10-20-17(23)14-8-6-5-7-13(14)16(22)18-20/h5-8,12H,4,9-11H2,1-3H3,(H,18,22). The number of nitrogens with one attached hydrogen (secondary N) is 1. The number of hydrogen-bond acceptors (Lipinski definition) is 3. The summed E-state index contributed by atoms with van der Waals surface area (Å²) < 4.78 is 1.23. The fraction of sp³-hybridized carbons (Fsp3) is 0.471. The van der Waals surface area contributed by atoms with Gasteiger partial charge in [0, 0.05) is 19.5 Å². The molecule has 0 saturated carbocycles. The molecule has 124 valence electrons. The summed E-state index contributed by atoms with van der Waals surface area (Å²) >= 11 is 0. The van der Waals surface area contributed by atoms with Gasteiger partial charge in [0.15, 0.2) is 0 Å². The molecule has 0 fully saturated rings. The normalized spacial score (nSPS) is 11.1. The van der Waals surface area contributed by atoms with Gasteiger partial charge in [-0.1, -0.05) is 26.0 Å². The molecule has 23 heavy (non-hydrogen) atoms. The molecule has 0 saturated heterocycles. The van der Waals surface area contributed by atoms with Crippen molar-refractivity contribution >= 4 is 16.7 Å². The van der Waals surface area contributed by atoms with Crippen LogP contribution >= 0.6 is 0 Å². The van der Waals surface area contributed by atoms with Gasteiger partial charge in [-0.3, -0.25) is 19.5 Å². The molecule has 0 aliphatic carbocycles. The Balaban J connectivity index is 2.20. The van der Waals surface area contributed by atoms with E-state index in [2.05, 4.69) is 18.9 Å². The van der Waals surface area contributed by atoms with Crippen LogP contribution in [0.2, 0.25) is 0 Å². The van der Waals surface area contributed by atoms with E-state index in [0.717, 1.165) is 0 Å². The Labute approximate surface area is 134 Å². The third-order valence-corrected chi connectivity index (χ3v) is 3.75. The number of aromatic nitrogens is 2. The number of carbonyl (C=O) groups is 1. The Bertz CT molecular complexity index is 805. The molecule has 1 heterocycles. The fourth-order valence-electron chi connectivity index (χ4n) is 2.62. The summed E-state index contributed by atoms with van der Waals surface area (Å²) in [4.78, 5) is 38.4. The Morgan fingerprint density at radius 2 is 1.87 bits per heavy atom. The number of aryl methyl sites for hydroxylation is 1. The predicted molar refractivity (Wildman–Crippen MR) is 90.5 cm³/mol. The second-order valence-corrected chi connectivity index (χ2v) is 6.02. The number of fused-ring (bicyclic) bond motifs is 1. The van der Waals surface area contributed by atoms with Gasteiger partial charge < -0.3 is 4.90 Å². The summed E-state index contributed by atoms with van der Waals surface area (Å²) in [5, 5.41) is 3.29. The third kappa shape index (κ3) is 3.88. The number of amides is 1. The number of hydrogen-bond donors (Lipinski definition) is 1. The lowest BCUT2D eigenvalue weighted by Crippen LogP contribution is -2.36. The van der Waals surface area contributed by atoms with Gasteiger partial charge >= 0.3 is 0 Å². The zero-order valence-corrected chi connectivity index (χ0v) is 13.8. The molecule has 0 unspecified atom stereocenters. The summed E-state index contributed by atoms with van der Waals surface area (Å²) in [6.45, 7) is 7.55. The van der Waals surface area contributed by atoms with Crippen LogP contribution in [-0.4, -0.2) is 33.7 Å². The van der Waals surface area contributed by atoms with Crippen LogP contribution in [0.1, 0.15) is 27.2 Å². The fourth-order valence-corrected chi connectivity index (χ4v) is 2.62. The third-order valence-electron chi connectivity index (χ3n) is 3.75. The first-order valence-electron chi connectivity index (χ1n) is 7.93. The minimum absolute atomic E-state index is 0.0119. The van der Waals surface area contributed by atoms with Crippen LogP contribution in [0.3, 0.4) is 0 Å². The summed E-state index contributed by atoms with van der Waals surface area (Å²) in [7, 11) is 0. The van der Waals surface area contributed by atoms with Crippen molar-refractivity contribution in [3.05, 3.63) is 45.0 Å². The molecule has 0 atom stereocenters. The van der Waals surface area contributed by atoms with E-state index in [1.54, 1.807) is 29.2 Å². The van der Waals surface area contributed by atoms with Gasteiger partial charge in [-0.25, -0.2) is 4.68 Å². The van der Waals surface area contributed by atoms with Crippen molar-refractivity contribution in [3.8, 4) is 0 Å². The maximum Gasteiger partial charge on any atom is 0.273 e. The molecule has 0 aliphatic rings. The molecular formula is C17H23N3O3. The first kappa shape index (κ1) is 17.0. The van der Waals surface area contributed by atoms with Crippen molar-refractivity contribution in [2.24, 2.45) is 5.92 Å². The number of rotatable bonds is 6. The van der Waals surface area contributed by atoms with E-state index in [9.17, 15) is 14.4 Å². The quantitative estimate of drug-likeness (QED) is 0.879. The number of nitrogens with zero attached hydrogens (tertiary/aromatic N) is 2. The lowest BCUT2D eigenvalue weighted by Gasteiger charge is -2.23. The highest BCUT2D eigenvalue weighted by molar-refractivity contribution is 5.80. The monoisotopic (exact) mass is 317 g/mol. The lowest BCUT2D eigenvalue weighted by molar-refractivity contribution is -0.131. The molecule has 2 aromatic rings. The first-order valence-corrected chi connectivity index (χ1v) is 7.93. The molecule has 0 bridgehead atoms. The minimum Gasteiger partial charge on any atom is -0.343 e. The highest BCUT2D eigenvalue weighted by Crippen LogP contribution is 2.04. The summed E-state index contributed by atoms with van der Waals surface area (Å²) in [6, 6.07) is 6.69. The molecule has 1 amide bonds. The summed E-state index contributed by atoms with van der Waals surface area (Å²) in [5.41, 5.74) is -0.595. The van der Waals surface area contributed by atoms with Crippen molar-refractivity contribution in [2.45, 2.75) is 33.7 Å². The zero-order valence-electron chi connectivity index (χ0n) is 13.8. The van der Waals surface area contributed by atoms with Crippen LogP contribution < -0.4 is 11.1 Å². The molecule has 2 rings (SSSR count). The second kappa shape index (κ2) is 7.26. The highest BCUT2D eigenvalue weighted by Gasteiger charge is 2.14. The Morgan fingerprint density at radius 1 is 1.22 bits per heavy atom. The number of benzene rings is 1. The topological polar surface area (TPSA) is 75.2 Å². The summed E-state index contributed by atoms with van der Waals surface area (Å²) in [6.07, 6.45) is 0.189. The first-order chi connectivity index (χ1) is 10.9. The average Bonchev–Trinajstić information content (AvgIpc) is 2.54. The van der Waals surface area contributed by atoms with Gasteiger partial charge in [-0.2, -0.15) is 0 Å². The number of aromatic amines is 1. The molecule has 6 heteroatoms. The average molecular weight is 317 g/mol. The van der Waals surface area contributed by atoms with Crippen LogP contribution in [-0.2, 0) is 11.3 Å². The smallest absolute Gasteiger partial charge is 0.273 e.